The van der Waals surface area contributed by atoms with E-state index in [1.165, 1.54) is 11.9 Å². The van der Waals surface area contributed by atoms with E-state index in [2.05, 4.69) is 27.1 Å². The summed E-state index contributed by atoms with van der Waals surface area (Å²) in [5, 5.41) is 0. The fourth-order valence-electron chi connectivity index (χ4n) is 2.98. The van der Waals surface area contributed by atoms with E-state index in [4.69, 9.17) is 15.2 Å². The highest BCUT2D eigenvalue weighted by Gasteiger charge is 2.28. The van der Waals surface area contributed by atoms with Crippen molar-refractivity contribution >= 4 is 17.0 Å². The van der Waals surface area contributed by atoms with Gasteiger partial charge in [0.05, 0.1) is 25.6 Å². The van der Waals surface area contributed by atoms with Gasteiger partial charge in [-0.15, -0.1) is 0 Å². The number of alkyl halides is 2. The van der Waals surface area contributed by atoms with Crippen molar-refractivity contribution in [1.82, 2.24) is 19.5 Å². The Kier molecular flexibility index (Phi) is 6.61. The third-order valence-electron chi connectivity index (χ3n) is 4.20. The van der Waals surface area contributed by atoms with E-state index >= 15 is 0 Å². The highest BCUT2D eigenvalue weighted by atomic mass is 19.3. The summed E-state index contributed by atoms with van der Waals surface area (Å²) in [4.78, 5) is 12.5. The van der Waals surface area contributed by atoms with Crippen LogP contribution in [-0.2, 0) is 16.1 Å². The zero-order chi connectivity index (χ0) is 19.1. The van der Waals surface area contributed by atoms with Crippen molar-refractivity contribution in [3.63, 3.8) is 0 Å². The van der Waals surface area contributed by atoms with Crippen molar-refractivity contribution in [2.45, 2.75) is 31.8 Å². The number of imidazole rings is 1. The summed E-state index contributed by atoms with van der Waals surface area (Å²) in [6.45, 7) is -0.571. The zero-order valence-corrected chi connectivity index (χ0v) is 14.7. The summed E-state index contributed by atoms with van der Waals surface area (Å²) in [6.07, 6.45) is 5.00. The molecule has 1 saturated heterocycles. The Labute approximate surface area is 155 Å². The van der Waals surface area contributed by atoms with Crippen LogP contribution >= 0.6 is 0 Å². The molecule has 2 unspecified atom stereocenters. The van der Waals surface area contributed by atoms with E-state index in [9.17, 15) is 8.78 Å². The molecule has 2 N–H and O–H groups in total. The van der Waals surface area contributed by atoms with Crippen LogP contribution in [0.4, 0.5) is 14.6 Å². The second-order valence-corrected chi connectivity index (χ2v) is 5.97. The quantitative estimate of drug-likeness (QED) is 0.735. The molecule has 7 nitrogen and oxygen atoms in total. The number of hydrogen-bond acceptors (Lipinski definition) is 6. The minimum atomic E-state index is -1.75. The molecule has 1 aromatic carbocycles. The molecule has 0 bridgehead atoms. The number of halogens is 2. The Bertz CT molecular complexity index is 846. The van der Waals surface area contributed by atoms with Gasteiger partial charge in [-0.25, -0.2) is 23.7 Å². The lowest BCUT2D eigenvalue weighted by Gasteiger charge is -2.15. The standard InChI is InChI=1S/C17H19N5O2.CH2F2/c18-16-15-17(20-10-19-16)22(11-21-15)14-7-6-13(24-14)9-23-8-12-4-2-1-3-5-12;2-1-3/h1-5,10-11,13-14H,6-9H2,(H2,18,19,20);1H2. The molecule has 1 fully saturated rings. The first-order valence-corrected chi connectivity index (χ1v) is 8.55. The van der Waals surface area contributed by atoms with Crippen molar-refractivity contribution in [3.8, 4) is 0 Å². The first-order chi connectivity index (χ1) is 13.2. The number of benzene rings is 1. The van der Waals surface area contributed by atoms with E-state index < -0.39 is 6.93 Å². The fourth-order valence-corrected chi connectivity index (χ4v) is 2.98. The summed E-state index contributed by atoms with van der Waals surface area (Å²) in [5.41, 5.74) is 8.32. The molecule has 27 heavy (non-hydrogen) atoms. The summed E-state index contributed by atoms with van der Waals surface area (Å²) >= 11 is 0. The Morgan fingerprint density at radius 2 is 1.93 bits per heavy atom. The van der Waals surface area contributed by atoms with Crippen molar-refractivity contribution in [3.05, 3.63) is 48.5 Å². The number of nitrogen functional groups attached to an aromatic ring is 1. The largest absolute Gasteiger partial charge is 0.382 e. The monoisotopic (exact) mass is 377 g/mol. The van der Waals surface area contributed by atoms with E-state index in [1.54, 1.807) is 6.33 Å². The molecule has 9 heteroatoms. The van der Waals surface area contributed by atoms with Crippen LogP contribution in [0.5, 0.6) is 0 Å². The lowest BCUT2D eigenvalue weighted by atomic mass is 10.2. The van der Waals surface area contributed by atoms with Crippen LogP contribution in [0.3, 0.4) is 0 Å². The highest BCUT2D eigenvalue weighted by Crippen LogP contribution is 2.31. The molecule has 0 saturated carbocycles. The minimum Gasteiger partial charge on any atom is -0.382 e. The average Bonchev–Trinajstić information content (AvgIpc) is 3.31. The van der Waals surface area contributed by atoms with Gasteiger partial charge in [-0.1, -0.05) is 30.3 Å². The zero-order valence-electron chi connectivity index (χ0n) is 14.7. The van der Waals surface area contributed by atoms with E-state index in [-0.39, 0.29) is 12.3 Å². The van der Waals surface area contributed by atoms with Crippen molar-refractivity contribution in [2.24, 2.45) is 0 Å². The molecule has 0 spiro atoms. The van der Waals surface area contributed by atoms with E-state index in [0.29, 0.717) is 30.2 Å². The van der Waals surface area contributed by atoms with Crippen molar-refractivity contribution in [2.75, 3.05) is 19.3 Å². The molecule has 1 aliphatic heterocycles. The number of anilines is 1. The smallest absolute Gasteiger partial charge is 0.229 e. The highest BCUT2D eigenvalue weighted by molar-refractivity contribution is 5.81. The second-order valence-electron chi connectivity index (χ2n) is 5.97. The molecule has 3 heterocycles. The Hall–Kier alpha value is -2.65. The Balaban J connectivity index is 0.000000659. The number of nitrogens with zero attached hydrogens (tertiary/aromatic N) is 4. The average molecular weight is 377 g/mol. The third-order valence-corrected chi connectivity index (χ3v) is 4.20. The van der Waals surface area contributed by atoms with Crippen LogP contribution in [0.15, 0.2) is 43.0 Å². The third kappa shape index (κ3) is 4.75. The van der Waals surface area contributed by atoms with Crippen LogP contribution < -0.4 is 5.73 Å². The first kappa shape index (κ1) is 19.1. The van der Waals surface area contributed by atoms with Crippen LogP contribution in [0.1, 0.15) is 24.6 Å². The van der Waals surface area contributed by atoms with Gasteiger partial charge in [-0.05, 0) is 18.4 Å². The number of rotatable bonds is 5. The molecule has 144 valence electrons. The molecular weight excluding hydrogens is 356 g/mol. The van der Waals surface area contributed by atoms with Gasteiger partial charge in [0.25, 0.3) is 0 Å². The number of nitrogens with two attached hydrogens (primary N) is 1. The van der Waals surface area contributed by atoms with Gasteiger partial charge in [0.15, 0.2) is 11.5 Å². The SMILES string of the molecule is FCF.Nc1ncnc2c1ncn2C1CCC(COCc2ccccc2)O1. The molecule has 2 atom stereocenters. The van der Waals surface area contributed by atoms with Crippen LogP contribution in [0.25, 0.3) is 11.2 Å². The summed E-state index contributed by atoms with van der Waals surface area (Å²) < 4.78 is 33.0. The van der Waals surface area contributed by atoms with Gasteiger partial charge in [0.1, 0.15) is 18.1 Å². The van der Waals surface area contributed by atoms with Gasteiger partial charge in [0.2, 0.25) is 6.93 Å². The minimum absolute atomic E-state index is 0.0790. The Morgan fingerprint density at radius 1 is 1.15 bits per heavy atom. The predicted molar refractivity (Wildman–Crippen MR) is 96.1 cm³/mol. The normalized spacial score (nSPS) is 19.0. The van der Waals surface area contributed by atoms with E-state index in [0.717, 1.165) is 12.8 Å². The first-order valence-electron chi connectivity index (χ1n) is 8.55. The van der Waals surface area contributed by atoms with Crippen LogP contribution in [-0.4, -0.2) is 39.2 Å². The second kappa shape index (κ2) is 9.33. The van der Waals surface area contributed by atoms with Gasteiger partial charge in [0, 0.05) is 0 Å². The molecule has 0 radical (unpaired) electrons. The summed E-state index contributed by atoms with van der Waals surface area (Å²) in [5.74, 6) is 0.388. The number of hydrogen-bond donors (Lipinski definition) is 1. The molecule has 0 aliphatic carbocycles. The molecule has 4 rings (SSSR count). The number of ether oxygens (including phenoxy) is 2. The maximum atomic E-state index is 9.62. The van der Waals surface area contributed by atoms with Gasteiger partial charge in [-0.3, -0.25) is 4.57 Å². The topological polar surface area (TPSA) is 88.1 Å². The van der Waals surface area contributed by atoms with E-state index in [1.807, 2.05) is 22.8 Å². The predicted octanol–water partition coefficient (Wildman–Crippen LogP) is 3.19. The lowest BCUT2D eigenvalue weighted by molar-refractivity contribution is -0.0433. The molecule has 0 amide bonds. The van der Waals surface area contributed by atoms with Crippen LogP contribution in [0.2, 0.25) is 0 Å². The lowest BCUT2D eigenvalue weighted by Crippen LogP contribution is -2.16. The van der Waals surface area contributed by atoms with Gasteiger partial charge in [-0.2, -0.15) is 0 Å². The number of aromatic nitrogens is 4. The number of fused-ring (bicyclic) bond motifs is 1. The summed E-state index contributed by atoms with van der Waals surface area (Å²) in [6, 6.07) is 10.1. The summed E-state index contributed by atoms with van der Waals surface area (Å²) in [7, 11) is 0. The maximum Gasteiger partial charge on any atom is 0.229 e. The van der Waals surface area contributed by atoms with Crippen molar-refractivity contribution < 1.29 is 18.3 Å². The molecular formula is C18H21F2N5O2. The maximum absolute atomic E-state index is 9.62. The van der Waals surface area contributed by atoms with Gasteiger partial charge >= 0.3 is 0 Å². The molecule has 3 aromatic rings. The Morgan fingerprint density at radius 3 is 2.70 bits per heavy atom. The van der Waals surface area contributed by atoms with Gasteiger partial charge < -0.3 is 15.2 Å². The molecule has 1 aliphatic rings. The fraction of sp³-hybridized carbons (Fsp3) is 0.389. The van der Waals surface area contributed by atoms with Crippen LogP contribution in [0, 0.1) is 0 Å². The van der Waals surface area contributed by atoms with Crippen molar-refractivity contribution in [1.29, 1.82) is 0 Å². The molecule has 2 aromatic heterocycles.